The zero-order valence-electron chi connectivity index (χ0n) is 16.2. The highest BCUT2D eigenvalue weighted by Gasteiger charge is 2.25. The van der Waals surface area contributed by atoms with Gasteiger partial charge in [-0.05, 0) is 26.0 Å². The third kappa shape index (κ3) is 8.42. The normalized spacial score (nSPS) is 18.0. The van der Waals surface area contributed by atoms with Gasteiger partial charge < -0.3 is 30.2 Å². The molecular formula is C18H31N5O4. The lowest BCUT2D eigenvalue weighted by molar-refractivity contribution is -0.119. The van der Waals surface area contributed by atoms with Crippen LogP contribution in [0.4, 0.5) is 0 Å². The van der Waals surface area contributed by atoms with E-state index in [9.17, 15) is 9.90 Å². The Balaban J connectivity index is 1.76. The Morgan fingerprint density at radius 1 is 1.33 bits per heavy atom. The highest BCUT2D eigenvalue weighted by Crippen LogP contribution is 2.07. The van der Waals surface area contributed by atoms with Crippen LogP contribution in [0.25, 0.3) is 0 Å². The number of furan rings is 1. The van der Waals surface area contributed by atoms with Gasteiger partial charge in [-0.3, -0.25) is 9.69 Å². The van der Waals surface area contributed by atoms with Gasteiger partial charge in [-0.25, -0.2) is 4.99 Å². The molecule has 0 radical (unpaired) electrons. The fourth-order valence-electron chi connectivity index (χ4n) is 2.72. The van der Waals surface area contributed by atoms with Gasteiger partial charge in [0.25, 0.3) is 0 Å². The van der Waals surface area contributed by atoms with Crippen molar-refractivity contribution in [1.82, 2.24) is 20.9 Å². The van der Waals surface area contributed by atoms with E-state index in [0.717, 1.165) is 13.1 Å². The number of ether oxygens (including phenoxy) is 1. The highest BCUT2D eigenvalue weighted by atomic mass is 16.5. The van der Waals surface area contributed by atoms with Crippen molar-refractivity contribution in [2.24, 2.45) is 4.99 Å². The summed E-state index contributed by atoms with van der Waals surface area (Å²) in [6, 6.07) is 3.57. The Morgan fingerprint density at radius 2 is 2.11 bits per heavy atom. The molecule has 1 saturated heterocycles. The summed E-state index contributed by atoms with van der Waals surface area (Å²) in [5.41, 5.74) is -0.922. The van der Waals surface area contributed by atoms with Gasteiger partial charge in [-0.1, -0.05) is 0 Å². The number of morpholine rings is 1. The van der Waals surface area contributed by atoms with Crippen LogP contribution in [0.15, 0.2) is 27.8 Å². The van der Waals surface area contributed by atoms with Crippen molar-refractivity contribution in [3.63, 3.8) is 0 Å². The molecule has 1 unspecified atom stereocenters. The molecule has 9 heteroatoms. The molecule has 1 aromatic rings. The number of amides is 1. The number of nitrogens with zero attached hydrogens (tertiary/aromatic N) is 2. The number of hydrogen-bond acceptors (Lipinski definition) is 6. The number of guanidine groups is 1. The van der Waals surface area contributed by atoms with Crippen molar-refractivity contribution >= 4 is 11.9 Å². The average molecular weight is 381 g/mol. The van der Waals surface area contributed by atoms with Gasteiger partial charge in [0.05, 0.1) is 31.6 Å². The minimum atomic E-state index is -0.922. The van der Waals surface area contributed by atoms with E-state index in [1.807, 2.05) is 6.92 Å². The van der Waals surface area contributed by atoms with Crippen molar-refractivity contribution in [2.75, 3.05) is 52.5 Å². The summed E-state index contributed by atoms with van der Waals surface area (Å²) in [5, 5.41) is 19.6. The van der Waals surface area contributed by atoms with Crippen LogP contribution >= 0.6 is 0 Å². The summed E-state index contributed by atoms with van der Waals surface area (Å²) in [7, 11) is 0. The van der Waals surface area contributed by atoms with Gasteiger partial charge in [-0.15, -0.1) is 0 Å². The smallest absolute Gasteiger partial charge is 0.242 e. The van der Waals surface area contributed by atoms with Gasteiger partial charge in [0.1, 0.15) is 12.3 Å². The van der Waals surface area contributed by atoms with Gasteiger partial charge in [0, 0.05) is 32.7 Å². The molecule has 1 aliphatic rings. The molecule has 0 aliphatic carbocycles. The standard InChI is InChI=1S/C18H31N5O4/c1-3-19-17(21-12-16(24)20-11-15-5-4-8-27-15)22-13-18(2,25)14-23-6-9-26-10-7-23/h4-5,8,25H,3,6-7,9-14H2,1-2H3,(H,20,24)(H2,19,21,22). The first-order valence-corrected chi connectivity index (χ1v) is 9.32. The van der Waals surface area contributed by atoms with Gasteiger partial charge in [0.15, 0.2) is 5.96 Å². The number of β-amino-alcohol motifs (C(OH)–C–C–N with tert-alkyl or cyclic N) is 1. The molecule has 2 heterocycles. The minimum Gasteiger partial charge on any atom is -0.467 e. The Morgan fingerprint density at radius 3 is 2.78 bits per heavy atom. The van der Waals surface area contributed by atoms with E-state index < -0.39 is 5.60 Å². The Hall–Kier alpha value is -2.10. The maximum absolute atomic E-state index is 11.9. The monoisotopic (exact) mass is 381 g/mol. The van der Waals surface area contributed by atoms with Crippen LogP contribution in [0, 0.1) is 0 Å². The maximum atomic E-state index is 11.9. The summed E-state index contributed by atoms with van der Waals surface area (Å²) in [4.78, 5) is 18.4. The largest absolute Gasteiger partial charge is 0.467 e. The number of aliphatic hydroxyl groups is 1. The van der Waals surface area contributed by atoms with E-state index >= 15 is 0 Å². The minimum absolute atomic E-state index is 0.0123. The van der Waals surface area contributed by atoms with Crippen LogP contribution in [0.3, 0.4) is 0 Å². The molecule has 0 spiro atoms. The molecule has 1 fully saturated rings. The molecule has 2 rings (SSSR count). The summed E-state index contributed by atoms with van der Waals surface area (Å²) in [6.45, 7) is 8.61. The summed E-state index contributed by atoms with van der Waals surface area (Å²) in [6.07, 6.45) is 1.57. The highest BCUT2D eigenvalue weighted by molar-refractivity contribution is 5.84. The number of carbonyl (C=O) groups excluding carboxylic acids is 1. The summed E-state index contributed by atoms with van der Waals surface area (Å²) < 4.78 is 10.5. The van der Waals surface area contributed by atoms with Crippen LogP contribution in [0.2, 0.25) is 0 Å². The predicted molar refractivity (Wildman–Crippen MR) is 102 cm³/mol. The second-order valence-electron chi connectivity index (χ2n) is 6.79. The van der Waals surface area contributed by atoms with Crippen LogP contribution in [0.5, 0.6) is 0 Å². The van der Waals surface area contributed by atoms with E-state index in [-0.39, 0.29) is 12.5 Å². The quantitative estimate of drug-likeness (QED) is 0.338. The van der Waals surface area contributed by atoms with Crippen molar-refractivity contribution in [1.29, 1.82) is 0 Å². The second kappa shape index (κ2) is 10.9. The fourth-order valence-corrected chi connectivity index (χ4v) is 2.72. The maximum Gasteiger partial charge on any atom is 0.242 e. The number of carbonyl (C=O) groups is 1. The molecule has 1 atom stereocenters. The third-order valence-electron chi connectivity index (χ3n) is 4.07. The lowest BCUT2D eigenvalue weighted by Gasteiger charge is -2.34. The van der Waals surface area contributed by atoms with E-state index in [1.165, 1.54) is 0 Å². The fraction of sp³-hybridized carbons (Fsp3) is 0.667. The zero-order chi connectivity index (χ0) is 19.5. The topological polar surface area (TPSA) is 111 Å². The first-order chi connectivity index (χ1) is 13.0. The molecule has 1 aromatic heterocycles. The van der Waals surface area contributed by atoms with Gasteiger partial charge >= 0.3 is 0 Å². The van der Waals surface area contributed by atoms with E-state index in [1.54, 1.807) is 25.3 Å². The molecule has 0 saturated carbocycles. The van der Waals surface area contributed by atoms with Crippen LogP contribution in [-0.2, 0) is 16.1 Å². The average Bonchev–Trinajstić information content (AvgIpc) is 3.16. The first-order valence-electron chi connectivity index (χ1n) is 9.32. The molecule has 4 N–H and O–H groups in total. The second-order valence-corrected chi connectivity index (χ2v) is 6.79. The third-order valence-corrected chi connectivity index (χ3v) is 4.07. The SMILES string of the molecule is CCNC(=NCC(=O)NCc1ccco1)NCC(C)(O)CN1CCOCC1. The predicted octanol–water partition coefficient (Wildman–Crippen LogP) is -0.466. The molecule has 152 valence electrons. The molecule has 1 aliphatic heterocycles. The van der Waals surface area contributed by atoms with E-state index in [2.05, 4.69) is 25.8 Å². The molecule has 27 heavy (non-hydrogen) atoms. The van der Waals surface area contributed by atoms with Crippen LogP contribution in [-0.4, -0.2) is 80.0 Å². The number of rotatable bonds is 9. The Kier molecular flexibility index (Phi) is 8.56. The lowest BCUT2D eigenvalue weighted by Crippen LogP contribution is -2.53. The van der Waals surface area contributed by atoms with Crippen LogP contribution in [0.1, 0.15) is 19.6 Å². The van der Waals surface area contributed by atoms with Crippen molar-refractivity contribution in [3.05, 3.63) is 24.2 Å². The number of hydrogen-bond donors (Lipinski definition) is 4. The number of nitrogens with one attached hydrogen (secondary N) is 3. The zero-order valence-corrected chi connectivity index (χ0v) is 16.2. The molecule has 9 nitrogen and oxygen atoms in total. The summed E-state index contributed by atoms with van der Waals surface area (Å²) >= 11 is 0. The van der Waals surface area contributed by atoms with Crippen molar-refractivity contribution < 1.29 is 19.1 Å². The Labute approximate surface area is 160 Å². The molecular weight excluding hydrogens is 350 g/mol. The molecule has 0 bridgehead atoms. The lowest BCUT2D eigenvalue weighted by atomic mass is 10.1. The Bertz CT molecular complexity index is 583. The van der Waals surface area contributed by atoms with Gasteiger partial charge in [-0.2, -0.15) is 0 Å². The van der Waals surface area contributed by atoms with Crippen molar-refractivity contribution in [2.45, 2.75) is 26.0 Å². The van der Waals surface area contributed by atoms with Gasteiger partial charge in [0.2, 0.25) is 5.91 Å². The van der Waals surface area contributed by atoms with Crippen LogP contribution < -0.4 is 16.0 Å². The molecule has 1 amide bonds. The molecule has 0 aromatic carbocycles. The van der Waals surface area contributed by atoms with E-state index in [0.29, 0.717) is 51.1 Å². The van der Waals surface area contributed by atoms with E-state index in [4.69, 9.17) is 9.15 Å². The number of aliphatic imine (C=N–C) groups is 1. The van der Waals surface area contributed by atoms with Crippen molar-refractivity contribution in [3.8, 4) is 0 Å². The first kappa shape index (κ1) is 21.2. The summed E-state index contributed by atoms with van der Waals surface area (Å²) in [5.74, 6) is 0.980.